The number of nitrogens with two attached hydrogens (primary N) is 1. The third-order valence-corrected chi connectivity index (χ3v) is 3.61. The molecule has 0 aliphatic heterocycles. The third-order valence-electron chi connectivity index (χ3n) is 3.37. The molecule has 1 saturated carbocycles. The van der Waals surface area contributed by atoms with Crippen LogP contribution in [0.3, 0.4) is 0 Å². The second-order valence-electron chi connectivity index (χ2n) is 5.72. The van der Waals surface area contributed by atoms with Crippen LogP contribution < -0.4 is 5.73 Å². The summed E-state index contributed by atoms with van der Waals surface area (Å²) in [5.74, 6) is 0.388. The molecule has 2 nitrogen and oxygen atoms in total. The van der Waals surface area contributed by atoms with Gasteiger partial charge in [0.05, 0.1) is 0 Å². The van der Waals surface area contributed by atoms with Gasteiger partial charge < -0.3 is 5.73 Å². The first-order valence-corrected chi connectivity index (χ1v) is 7.20. The van der Waals surface area contributed by atoms with E-state index in [2.05, 4.69) is 18.7 Å². The predicted molar refractivity (Wildman–Crippen MR) is 80.6 cm³/mol. The van der Waals surface area contributed by atoms with E-state index >= 15 is 0 Å². The molecule has 19 heavy (non-hydrogen) atoms. The lowest BCUT2D eigenvalue weighted by Crippen LogP contribution is -2.30. The Balaban J connectivity index is 2.10. The molecule has 104 valence electrons. The van der Waals surface area contributed by atoms with Crippen molar-refractivity contribution in [1.29, 1.82) is 0 Å². The Hall–Kier alpha value is -1.00. The molecule has 0 saturated heterocycles. The van der Waals surface area contributed by atoms with Crippen molar-refractivity contribution in [3.8, 4) is 0 Å². The fourth-order valence-electron chi connectivity index (χ4n) is 2.30. The highest BCUT2D eigenvalue weighted by atomic mass is 32.1. The van der Waals surface area contributed by atoms with Gasteiger partial charge in [-0.1, -0.05) is 38.2 Å². The van der Waals surface area contributed by atoms with E-state index in [1.165, 1.54) is 18.9 Å². The summed E-state index contributed by atoms with van der Waals surface area (Å²) in [4.78, 5) is 2.62. The molecule has 2 rings (SSSR count). The number of benzene rings is 1. The quantitative estimate of drug-likeness (QED) is 0.812. The average Bonchev–Trinajstić information content (AvgIpc) is 3.13. The molecule has 0 radical (unpaired) electrons. The van der Waals surface area contributed by atoms with Crippen LogP contribution in [-0.2, 0) is 6.54 Å². The molecule has 0 heterocycles. The van der Waals surface area contributed by atoms with Crippen molar-refractivity contribution in [3.05, 3.63) is 35.1 Å². The number of hydrogen-bond donors (Lipinski definition) is 1. The minimum Gasteiger partial charge on any atom is -0.389 e. The first-order chi connectivity index (χ1) is 8.97. The van der Waals surface area contributed by atoms with E-state index < -0.39 is 0 Å². The van der Waals surface area contributed by atoms with Crippen LogP contribution in [0.2, 0.25) is 0 Å². The zero-order valence-electron chi connectivity index (χ0n) is 11.5. The summed E-state index contributed by atoms with van der Waals surface area (Å²) in [5, 5.41) is 0. The normalized spacial score (nSPS) is 15.2. The molecule has 0 atom stereocenters. The average molecular weight is 280 g/mol. The smallest absolute Gasteiger partial charge is 0.128 e. The van der Waals surface area contributed by atoms with Gasteiger partial charge in [0.2, 0.25) is 0 Å². The summed E-state index contributed by atoms with van der Waals surface area (Å²) < 4.78 is 14.1. The zero-order valence-corrected chi connectivity index (χ0v) is 12.3. The van der Waals surface area contributed by atoms with Crippen LogP contribution in [0.1, 0.15) is 37.8 Å². The molecule has 0 bridgehead atoms. The molecule has 1 fully saturated rings. The highest BCUT2D eigenvalue weighted by Crippen LogP contribution is 2.29. The summed E-state index contributed by atoms with van der Waals surface area (Å²) in [5.41, 5.74) is 6.84. The maximum Gasteiger partial charge on any atom is 0.128 e. The predicted octanol–water partition coefficient (Wildman–Crippen LogP) is 3.08. The first kappa shape index (κ1) is 14.4. The number of thiocarbonyl (C=S) groups is 1. The minimum absolute atomic E-state index is 0.209. The van der Waals surface area contributed by atoms with E-state index in [1.54, 1.807) is 12.1 Å². The van der Waals surface area contributed by atoms with Crippen LogP contribution in [0.4, 0.5) is 4.39 Å². The van der Waals surface area contributed by atoms with Gasteiger partial charge in [0, 0.05) is 30.3 Å². The molecule has 1 aliphatic rings. The van der Waals surface area contributed by atoms with Gasteiger partial charge in [-0.15, -0.1) is 0 Å². The third kappa shape index (κ3) is 3.98. The summed E-state index contributed by atoms with van der Waals surface area (Å²) >= 11 is 4.86. The van der Waals surface area contributed by atoms with Crippen molar-refractivity contribution in [3.63, 3.8) is 0 Å². The number of rotatable bonds is 6. The van der Waals surface area contributed by atoms with Crippen LogP contribution in [0.15, 0.2) is 18.2 Å². The molecule has 1 aliphatic carbocycles. The Morgan fingerprint density at radius 2 is 2.16 bits per heavy atom. The van der Waals surface area contributed by atoms with Crippen LogP contribution in [0.25, 0.3) is 0 Å². The summed E-state index contributed by atoms with van der Waals surface area (Å²) in [6.07, 6.45) is 2.47. The molecule has 1 aromatic rings. The number of hydrogen-bond acceptors (Lipinski definition) is 2. The van der Waals surface area contributed by atoms with Crippen molar-refractivity contribution in [2.75, 3.05) is 6.54 Å². The van der Waals surface area contributed by atoms with E-state index in [0.29, 0.717) is 24.1 Å². The lowest BCUT2D eigenvalue weighted by molar-refractivity contribution is 0.223. The Morgan fingerprint density at radius 3 is 2.63 bits per heavy atom. The van der Waals surface area contributed by atoms with E-state index in [0.717, 1.165) is 12.1 Å². The fraction of sp³-hybridized carbons (Fsp3) is 0.533. The Morgan fingerprint density at radius 1 is 1.47 bits per heavy atom. The molecular weight excluding hydrogens is 259 g/mol. The van der Waals surface area contributed by atoms with Crippen LogP contribution in [0.5, 0.6) is 0 Å². The van der Waals surface area contributed by atoms with Crippen molar-refractivity contribution < 1.29 is 4.39 Å². The Bertz CT molecular complexity index is 469. The standard InChI is InChI=1S/C15H21FN2S/c1-10(2)8-18(13-5-6-13)9-12-4-3-11(15(17)19)7-14(12)16/h3-4,7,10,13H,5-6,8-9H2,1-2H3,(H2,17,19). The van der Waals surface area contributed by atoms with Gasteiger partial charge in [0.15, 0.2) is 0 Å². The number of halogens is 1. The van der Waals surface area contributed by atoms with Crippen LogP contribution in [0, 0.1) is 11.7 Å². The summed E-state index contributed by atoms with van der Waals surface area (Å²) in [6.45, 7) is 6.08. The molecule has 0 amide bonds. The van der Waals surface area contributed by atoms with Gasteiger partial charge in [-0.25, -0.2) is 4.39 Å². The van der Waals surface area contributed by atoms with Crippen LogP contribution in [-0.4, -0.2) is 22.5 Å². The second kappa shape index (κ2) is 5.97. The van der Waals surface area contributed by atoms with E-state index in [9.17, 15) is 4.39 Å². The van der Waals surface area contributed by atoms with Gasteiger partial charge in [-0.3, -0.25) is 4.90 Å². The lowest BCUT2D eigenvalue weighted by Gasteiger charge is -2.24. The van der Waals surface area contributed by atoms with Crippen LogP contribution >= 0.6 is 12.2 Å². The van der Waals surface area contributed by atoms with Crippen molar-refractivity contribution in [2.45, 2.75) is 39.3 Å². The molecule has 1 aromatic carbocycles. The second-order valence-corrected chi connectivity index (χ2v) is 6.16. The largest absolute Gasteiger partial charge is 0.389 e. The molecule has 0 aromatic heterocycles. The van der Waals surface area contributed by atoms with Gasteiger partial charge >= 0.3 is 0 Å². The maximum absolute atomic E-state index is 14.1. The van der Waals surface area contributed by atoms with E-state index in [4.69, 9.17) is 18.0 Å². The monoisotopic (exact) mass is 280 g/mol. The van der Waals surface area contributed by atoms with Crippen molar-refractivity contribution >= 4 is 17.2 Å². The van der Waals surface area contributed by atoms with Gasteiger partial charge in [0.25, 0.3) is 0 Å². The Labute approximate surface area is 119 Å². The fourth-order valence-corrected chi connectivity index (χ4v) is 2.43. The molecule has 4 heteroatoms. The highest BCUT2D eigenvalue weighted by Gasteiger charge is 2.29. The Kier molecular flexibility index (Phi) is 4.53. The first-order valence-electron chi connectivity index (χ1n) is 6.79. The zero-order chi connectivity index (χ0) is 14.0. The van der Waals surface area contributed by atoms with E-state index in [1.807, 2.05) is 0 Å². The van der Waals surface area contributed by atoms with Gasteiger partial charge in [0.1, 0.15) is 10.8 Å². The summed E-state index contributed by atoms with van der Waals surface area (Å²) in [6, 6.07) is 5.69. The molecular formula is C15H21FN2S. The minimum atomic E-state index is -0.209. The topological polar surface area (TPSA) is 29.3 Å². The number of nitrogens with zero attached hydrogens (tertiary/aromatic N) is 1. The molecule has 0 unspecified atom stereocenters. The molecule has 2 N–H and O–H groups in total. The highest BCUT2D eigenvalue weighted by molar-refractivity contribution is 7.80. The van der Waals surface area contributed by atoms with Crippen molar-refractivity contribution in [1.82, 2.24) is 4.90 Å². The lowest BCUT2D eigenvalue weighted by atomic mass is 10.1. The molecule has 0 spiro atoms. The van der Waals surface area contributed by atoms with Gasteiger partial charge in [-0.05, 0) is 24.8 Å². The van der Waals surface area contributed by atoms with Gasteiger partial charge in [-0.2, -0.15) is 0 Å². The SMILES string of the molecule is CC(C)CN(Cc1ccc(C(N)=S)cc1F)C1CC1. The maximum atomic E-state index is 14.1. The van der Waals surface area contributed by atoms with Crippen molar-refractivity contribution in [2.24, 2.45) is 11.7 Å². The van der Waals surface area contributed by atoms with E-state index in [-0.39, 0.29) is 10.8 Å². The summed E-state index contributed by atoms with van der Waals surface area (Å²) in [7, 11) is 0.